The van der Waals surface area contributed by atoms with Crippen molar-refractivity contribution in [2.45, 2.75) is 37.7 Å². The molecule has 1 saturated heterocycles. The Labute approximate surface area is 115 Å². The smallest absolute Gasteiger partial charge is 0.243 e. The normalized spacial score (nSPS) is 21.5. The fourth-order valence-corrected chi connectivity index (χ4v) is 3.72. The molecule has 19 heavy (non-hydrogen) atoms. The Balaban J connectivity index is 2.17. The number of benzene rings is 1. The van der Waals surface area contributed by atoms with Crippen LogP contribution in [0, 0.1) is 6.92 Å². The summed E-state index contributed by atoms with van der Waals surface area (Å²) in [6.45, 7) is 5.41. The monoisotopic (exact) mass is 283 g/mol. The highest BCUT2D eigenvalue weighted by molar-refractivity contribution is 7.89. The molecule has 1 unspecified atom stereocenters. The maximum atomic E-state index is 12.5. The van der Waals surface area contributed by atoms with Crippen LogP contribution >= 0.6 is 0 Å². The summed E-state index contributed by atoms with van der Waals surface area (Å²) in [4.78, 5) is 0.371. The molecule has 1 aromatic rings. The quantitative estimate of drug-likeness (QED) is 0.851. The van der Waals surface area contributed by atoms with Crippen LogP contribution in [0.3, 0.4) is 0 Å². The first-order valence-corrected chi connectivity index (χ1v) is 8.16. The molecule has 4 nitrogen and oxygen atoms in total. The minimum atomic E-state index is -3.38. The van der Waals surface area contributed by atoms with Crippen molar-refractivity contribution < 1.29 is 13.2 Å². The molecule has 1 atom stereocenters. The van der Waals surface area contributed by atoms with Crippen molar-refractivity contribution in [2.24, 2.45) is 0 Å². The van der Waals surface area contributed by atoms with Crippen LogP contribution in [-0.4, -0.2) is 38.5 Å². The zero-order valence-electron chi connectivity index (χ0n) is 11.5. The van der Waals surface area contributed by atoms with Gasteiger partial charge in [-0.25, -0.2) is 8.42 Å². The zero-order chi connectivity index (χ0) is 13.9. The van der Waals surface area contributed by atoms with E-state index in [1.807, 2.05) is 19.1 Å². The maximum absolute atomic E-state index is 12.5. The van der Waals surface area contributed by atoms with Gasteiger partial charge >= 0.3 is 0 Å². The van der Waals surface area contributed by atoms with Gasteiger partial charge in [0.25, 0.3) is 0 Å². The number of nitrogens with zero attached hydrogens (tertiary/aromatic N) is 1. The van der Waals surface area contributed by atoms with E-state index in [1.165, 1.54) is 0 Å². The van der Waals surface area contributed by atoms with Gasteiger partial charge in [0.2, 0.25) is 10.0 Å². The molecule has 1 aliphatic heterocycles. The first-order chi connectivity index (χ1) is 9.04. The van der Waals surface area contributed by atoms with Gasteiger partial charge in [0.05, 0.1) is 17.6 Å². The molecule has 1 heterocycles. The third-order valence-electron chi connectivity index (χ3n) is 3.37. The molecular formula is C14H21NO3S. The Morgan fingerprint density at radius 1 is 1.32 bits per heavy atom. The number of hydrogen-bond donors (Lipinski definition) is 0. The van der Waals surface area contributed by atoms with E-state index in [2.05, 4.69) is 6.92 Å². The van der Waals surface area contributed by atoms with Crippen molar-refractivity contribution in [3.05, 3.63) is 29.8 Å². The number of aryl methyl sites for hydroxylation is 1. The van der Waals surface area contributed by atoms with Gasteiger partial charge in [0.1, 0.15) is 0 Å². The van der Waals surface area contributed by atoms with Crippen LogP contribution in [-0.2, 0) is 14.8 Å². The van der Waals surface area contributed by atoms with Crippen LogP contribution in [0.4, 0.5) is 0 Å². The molecule has 1 aromatic carbocycles. The fraction of sp³-hybridized carbons (Fsp3) is 0.571. The van der Waals surface area contributed by atoms with E-state index in [9.17, 15) is 8.42 Å². The summed E-state index contributed by atoms with van der Waals surface area (Å²) in [5.74, 6) is 0. The molecule has 0 aromatic heterocycles. The summed E-state index contributed by atoms with van der Waals surface area (Å²) in [7, 11) is -3.38. The third-order valence-corrected chi connectivity index (χ3v) is 5.25. The maximum Gasteiger partial charge on any atom is 0.243 e. The van der Waals surface area contributed by atoms with Gasteiger partial charge in [0, 0.05) is 13.1 Å². The van der Waals surface area contributed by atoms with Crippen LogP contribution in [0.1, 0.15) is 25.3 Å². The van der Waals surface area contributed by atoms with Crippen LogP contribution in [0.5, 0.6) is 0 Å². The van der Waals surface area contributed by atoms with E-state index in [0.29, 0.717) is 24.6 Å². The summed E-state index contributed by atoms with van der Waals surface area (Å²) < 4.78 is 32.2. The molecule has 106 valence electrons. The summed E-state index contributed by atoms with van der Waals surface area (Å²) >= 11 is 0. The number of sulfonamides is 1. The SMILES string of the molecule is CCCC1CN(S(=O)(=O)c2ccc(C)cc2)CCO1. The summed E-state index contributed by atoms with van der Waals surface area (Å²) in [6.07, 6.45) is 1.93. The first kappa shape index (κ1) is 14.5. The lowest BCUT2D eigenvalue weighted by Gasteiger charge is -2.32. The summed E-state index contributed by atoms with van der Waals surface area (Å²) in [5.41, 5.74) is 1.06. The van der Waals surface area contributed by atoms with Gasteiger partial charge < -0.3 is 4.74 Å². The average molecular weight is 283 g/mol. The lowest BCUT2D eigenvalue weighted by molar-refractivity contribution is -0.00579. The minimum absolute atomic E-state index is 0.0268. The number of hydrogen-bond acceptors (Lipinski definition) is 3. The lowest BCUT2D eigenvalue weighted by atomic mass is 10.2. The summed E-state index contributed by atoms with van der Waals surface area (Å²) in [6, 6.07) is 7.01. The average Bonchev–Trinajstić information content (AvgIpc) is 2.40. The predicted molar refractivity (Wildman–Crippen MR) is 74.6 cm³/mol. The van der Waals surface area contributed by atoms with Crippen LogP contribution in [0.25, 0.3) is 0 Å². The van der Waals surface area contributed by atoms with E-state index in [-0.39, 0.29) is 6.10 Å². The van der Waals surface area contributed by atoms with Gasteiger partial charge in [-0.3, -0.25) is 0 Å². The highest BCUT2D eigenvalue weighted by Crippen LogP contribution is 2.20. The predicted octanol–water partition coefficient (Wildman–Crippen LogP) is 2.18. The largest absolute Gasteiger partial charge is 0.375 e. The Bertz CT molecular complexity index is 508. The molecule has 0 bridgehead atoms. The van der Waals surface area contributed by atoms with Crippen LogP contribution < -0.4 is 0 Å². The van der Waals surface area contributed by atoms with Crippen molar-refractivity contribution >= 4 is 10.0 Å². The number of rotatable bonds is 4. The topological polar surface area (TPSA) is 46.6 Å². The fourth-order valence-electron chi connectivity index (χ4n) is 2.27. The molecular weight excluding hydrogens is 262 g/mol. The van der Waals surface area contributed by atoms with Crippen LogP contribution in [0.2, 0.25) is 0 Å². The second kappa shape index (κ2) is 6.03. The van der Waals surface area contributed by atoms with Crippen molar-refractivity contribution in [3.63, 3.8) is 0 Å². The van der Waals surface area contributed by atoms with Crippen molar-refractivity contribution in [3.8, 4) is 0 Å². The van der Waals surface area contributed by atoms with E-state index in [4.69, 9.17) is 4.74 Å². The van der Waals surface area contributed by atoms with E-state index < -0.39 is 10.0 Å². The van der Waals surface area contributed by atoms with Crippen LogP contribution in [0.15, 0.2) is 29.2 Å². The molecule has 1 aliphatic rings. The molecule has 0 spiro atoms. The van der Waals surface area contributed by atoms with E-state index in [0.717, 1.165) is 18.4 Å². The molecule has 1 fully saturated rings. The third kappa shape index (κ3) is 3.35. The first-order valence-electron chi connectivity index (χ1n) is 6.72. The second-order valence-electron chi connectivity index (χ2n) is 4.96. The Morgan fingerprint density at radius 2 is 2.00 bits per heavy atom. The Morgan fingerprint density at radius 3 is 2.63 bits per heavy atom. The summed E-state index contributed by atoms with van der Waals surface area (Å²) in [5, 5.41) is 0. The van der Waals surface area contributed by atoms with Gasteiger partial charge in [-0.05, 0) is 25.5 Å². The minimum Gasteiger partial charge on any atom is -0.375 e. The van der Waals surface area contributed by atoms with Gasteiger partial charge in [-0.15, -0.1) is 0 Å². The highest BCUT2D eigenvalue weighted by Gasteiger charge is 2.30. The highest BCUT2D eigenvalue weighted by atomic mass is 32.2. The number of ether oxygens (including phenoxy) is 1. The van der Waals surface area contributed by atoms with Crippen molar-refractivity contribution in [2.75, 3.05) is 19.7 Å². The molecule has 0 aliphatic carbocycles. The van der Waals surface area contributed by atoms with Gasteiger partial charge in [-0.2, -0.15) is 4.31 Å². The van der Waals surface area contributed by atoms with Gasteiger partial charge in [0.15, 0.2) is 0 Å². The molecule has 0 amide bonds. The standard InChI is InChI=1S/C14H21NO3S/c1-3-4-13-11-15(9-10-18-13)19(16,17)14-7-5-12(2)6-8-14/h5-8,13H,3-4,9-11H2,1-2H3. The van der Waals surface area contributed by atoms with E-state index in [1.54, 1.807) is 16.4 Å². The van der Waals surface area contributed by atoms with Crippen molar-refractivity contribution in [1.29, 1.82) is 0 Å². The molecule has 5 heteroatoms. The molecule has 0 radical (unpaired) electrons. The second-order valence-corrected chi connectivity index (χ2v) is 6.90. The molecule has 0 N–H and O–H groups in total. The molecule has 2 rings (SSSR count). The van der Waals surface area contributed by atoms with Crippen molar-refractivity contribution in [1.82, 2.24) is 4.31 Å². The lowest BCUT2D eigenvalue weighted by Crippen LogP contribution is -2.45. The zero-order valence-corrected chi connectivity index (χ0v) is 12.3. The number of morpholine rings is 1. The van der Waals surface area contributed by atoms with Gasteiger partial charge in [-0.1, -0.05) is 31.0 Å². The Kier molecular flexibility index (Phi) is 4.60. The Hall–Kier alpha value is -0.910. The van der Waals surface area contributed by atoms with E-state index >= 15 is 0 Å². The molecule has 0 saturated carbocycles.